The summed E-state index contributed by atoms with van der Waals surface area (Å²) in [4.78, 5) is 0. The Morgan fingerprint density at radius 3 is 2.38 bits per heavy atom. The lowest BCUT2D eigenvalue weighted by molar-refractivity contribution is -0.206. The van der Waals surface area contributed by atoms with Gasteiger partial charge in [-0.25, -0.2) is 0 Å². The number of aliphatic hydroxyl groups is 1. The SMILES string of the molecule is COc1ccc(C(O)C(F)(F)F)c(Cl)c1O. The highest BCUT2D eigenvalue weighted by Gasteiger charge is 2.41. The molecule has 0 radical (unpaired) electrons. The molecule has 2 N–H and O–H groups in total. The number of methoxy groups -OCH3 is 1. The van der Waals surface area contributed by atoms with Crippen molar-refractivity contribution in [1.82, 2.24) is 0 Å². The van der Waals surface area contributed by atoms with E-state index in [4.69, 9.17) is 16.7 Å². The summed E-state index contributed by atoms with van der Waals surface area (Å²) in [6, 6.07) is 2.03. The normalized spacial score (nSPS) is 13.6. The van der Waals surface area contributed by atoms with Gasteiger partial charge in [-0.1, -0.05) is 17.7 Å². The van der Waals surface area contributed by atoms with Crippen LogP contribution in [-0.4, -0.2) is 23.5 Å². The minimum atomic E-state index is -4.84. The van der Waals surface area contributed by atoms with E-state index >= 15 is 0 Å². The molecule has 0 saturated carbocycles. The largest absolute Gasteiger partial charge is 0.503 e. The van der Waals surface area contributed by atoms with Crippen LogP contribution in [0.1, 0.15) is 11.7 Å². The van der Waals surface area contributed by atoms with Gasteiger partial charge in [0.25, 0.3) is 0 Å². The second-order valence-electron chi connectivity index (χ2n) is 2.96. The highest BCUT2D eigenvalue weighted by molar-refractivity contribution is 6.33. The first-order valence-corrected chi connectivity index (χ1v) is 4.47. The average molecular weight is 257 g/mol. The Kier molecular flexibility index (Phi) is 3.54. The van der Waals surface area contributed by atoms with Crippen LogP contribution >= 0.6 is 11.6 Å². The first kappa shape index (κ1) is 12.9. The van der Waals surface area contributed by atoms with Gasteiger partial charge in [-0.15, -0.1) is 0 Å². The van der Waals surface area contributed by atoms with E-state index in [2.05, 4.69) is 4.74 Å². The number of hydrogen-bond donors (Lipinski definition) is 2. The van der Waals surface area contributed by atoms with Crippen LogP contribution in [0.3, 0.4) is 0 Å². The maximum Gasteiger partial charge on any atom is 0.418 e. The number of alkyl halides is 3. The van der Waals surface area contributed by atoms with Gasteiger partial charge in [-0.2, -0.15) is 13.2 Å². The van der Waals surface area contributed by atoms with Gasteiger partial charge < -0.3 is 14.9 Å². The fraction of sp³-hybridized carbons (Fsp3) is 0.333. The Bertz CT molecular complexity index is 392. The molecule has 7 heteroatoms. The van der Waals surface area contributed by atoms with Crippen molar-refractivity contribution in [3.8, 4) is 11.5 Å². The fourth-order valence-corrected chi connectivity index (χ4v) is 1.37. The van der Waals surface area contributed by atoms with Crippen molar-refractivity contribution in [3.05, 3.63) is 22.7 Å². The maximum atomic E-state index is 12.2. The van der Waals surface area contributed by atoms with Crippen molar-refractivity contribution < 1.29 is 28.1 Å². The zero-order chi connectivity index (χ0) is 12.5. The molecule has 0 spiro atoms. The van der Waals surface area contributed by atoms with Gasteiger partial charge in [0.1, 0.15) is 0 Å². The number of phenols is 1. The van der Waals surface area contributed by atoms with Gasteiger partial charge >= 0.3 is 6.18 Å². The summed E-state index contributed by atoms with van der Waals surface area (Å²) >= 11 is 5.49. The van der Waals surface area contributed by atoms with Crippen LogP contribution in [0.2, 0.25) is 5.02 Å². The Morgan fingerprint density at radius 2 is 1.94 bits per heavy atom. The summed E-state index contributed by atoms with van der Waals surface area (Å²) < 4.78 is 41.3. The van der Waals surface area contributed by atoms with Crippen molar-refractivity contribution in [2.24, 2.45) is 0 Å². The highest BCUT2D eigenvalue weighted by atomic mass is 35.5. The number of aliphatic hydroxyl groups excluding tert-OH is 1. The third kappa shape index (κ3) is 2.33. The standard InChI is InChI=1S/C9H8ClF3O3/c1-16-5-3-2-4(6(10)7(5)14)8(15)9(11,12)13/h2-3,8,14-15H,1H3. The number of halogens is 4. The lowest BCUT2D eigenvalue weighted by Gasteiger charge is -2.17. The molecule has 0 aliphatic carbocycles. The predicted octanol–water partition coefficient (Wildman–Crippen LogP) is 2.65. The number of aromatic hydroxyl groups is 1. The number of hydrogen-bond acceptors (Lipinski definition) is 3. The summed E-state index contributed by atoms with van der Waals surface area (Å²) in [5, 5.41) is 17.7. The second kappa shape index (κ2) is 4.39. The van der Waals surface area contributed by atoms with Crippen LogP contribution in [0, 0.1) is 0 Å². The maximum absolute atomic E-state index is 12.2. The molecule has 0 fully saturated rings. The lowest BCUT2D eigenvalue weighted by Crippen LogP contribution is -2.20. The topological polar surface area (TPSA) is 49.7 Å². The van der Waals surface area contributed by atoms with Crippen LogP contribution in [0.4, 0.5) is 13.2 Å². The van der Waals surface area contributed by atoms with E-state index in [1.54, 1.807) is 0 Å². The number of rotatable bonds is 2. The van der Waals surface area contributed by atoms with Gasteiger partial charge in [0.05, 0.1) is 12.1 Å². The molecule has 1 unspecified atom stereocenters. The molecule has 0 aliphatic rings. The number of ether oxygens (including phenoxy) is 1. The Balaban J connectivity index is 3.22. The van der Waals surface area contributed by atoms with E-state index in [-0.39, 0.29) is 5.75 Å². The molecule has 0 bridgehead atoms. The molecule has 0 aliphatic heterocycles. The van der Waals surface area contributed by atoms with Gasteiger partial charge in [-0.3, -0.25) is 0 Å². The minimum Gasteiger partial charge on any atom is -0.503 e. The summed E-state index contributed by atoms with van der Waals surface area (Å²) in [6.07, 6.45) is -7.58. The molecule has 1 rings (SSSR count). The van der Waals surface area contributed by atoms with E-state index in [0.29, 0.717) is 0 Å². The van der Waals surface area contributed by atoms with Crippen LogP contribution in [-0.2, 0) is 0 Å². The molecule has 16 heavy (non-hydrogen) atoms. The minimum absolute atomic E-state index is 0.0666. The molecule has 1 atom stereocenters. The van der Waals surface area contributed by atoms with Crippen molar-refractivity contribution >= 4 is 11.6 Å². The number of benzene rings is 1. The van der Waals surface area contributed by atoms with Crippen LogP contribution in [0.25, 0.3) is 0 Å². The van der Waals surface area contributed by atoms with Crippen LogP contribution in [0.15, 0.2) is 12.1 Å². The molecule has 1 aromatic rings. The van der Waals surface area contributed by atoms with E-state index in [9.17, 15) is 18.3 Å². The molecular formula is C9H8ClF3O3. The Hall–Kier alpha value is -1.14. The van der Waals surface area contributed by atoms with Gasteiger partial charge in [0, 0.05) is 5.56 Å². The van der Waals surface area contributed by atoms with Gasteiger partial charge in [0.15, 0.2) is 17.6 Å². The quantitative estimate of drug-likeness (QED) is 0.855. The molecule has 3 nitrogen and oxygen atoms in total. The van der Waals surface area contributed by atoms with Crippen LogP contribution < -0.4 is 4.74 Å². The summed E-state index contributed by atoms with van der Waals surface area (Å²) in [5.74, 6) is -0.701. The molecule has 0 amide bonds. The predicted molar refractivity (Wildman–Crippen MR) is 50.7 cm³/mol. The zero-order valence-electron chi connectivity index (χ0n) is 8.05. The first-order chi connectivity index (χ1) is 7.29. The summed E-state index contributed by atoms with van der Waals surface area (Å²) in [6.45, 7) is 0. The van der Waals surface area contributed by atoms with E-state index in [0.717, 1.165) is 12.1 Å². The lowest BCUT2D eigenvalue weighted by atomic mass is 10.1. The summed E-state index contributed by atoms with van der Waals surface area (Å²) in [7, 11) is 1.23. The monoisotopic (exact) mass is 256 g/mol. The molecule has 0 aromatic heterocycles. The zero-order valence-corrected chi connectivity index (χ0v) is 8.80. The van der Waals surface area contributed by atoms with Crippen molar-refractivity contribution in [3.63, 3.8) is 0 Å². The average Bonchev–Trinajstić information content (AvgIpc) is 2.20. The Labute approximate surface area is 94.0 Å². The van der Waals surface area contributed by atoms with Gasteiger partial charge in [-0.05, 0) is 6.07 Å². The fourth-order valence-electron chi connectivity index (χ4n) is 1.11. The molecule has 1 aromatic carbocycles. The third-order valence-electron chi connectivity index (χ3n) is 1.93. The van der Waals surface area contributed by atoms with Gasteiger partial charge in [0.2, 0.25) is 0 Å². The van der Waals surface area contributed by atoms with Crippen molar-refractivity contribution in [2.75, 3.05) is 7.11 Å². The smallest absolute Gasteiger partial charge is 0.418 e. The van der Waals surface area contributed by atoms with E-state index < -0.39 is 28.6 Å². The van der Waals surface area contributed by atoms with Crippen molar-refractivity contribution in [1.29, 1.82) is 0 Å². The summed E-state index contributed by atoms with van der Waals surface area (Å²) in [5.41, 5.74) is -0.618. The first-order valence-electron chi connectivity index (χ1n) is 4.09. The molecular weight excluding hydrogens is 249 g/mol. The molecule has 0 saturated heterocycles. The van der Waals surface area contributed by atoms with E-state index in [1.165, 1.54) is 7.11 Å². The molecule has 0 heterocycles. The molecule has 90 valence electrons. The number of phenolic OH excluding ortho intramolecular Hbond substituents is 1. The Morgan fingerprint density at radius 1 is 1.38 bits per heavy atom. The second-order valence-corrected chi connectivity index (χ2v) is 3.34. The van der Waals surface area contributed by atoms with Crippen LogP contribution in [0.5, 0.6) is 11.5 Å². The van der Waals surface area contributed by atoms with Crippen molar-refractivity contribution in [2.45, 2.75) is 12.3 Å². The van der Waals surface area contributed by atoms with E-state index in [1.807, 2.05) is 0 Å². The highest BCUT2D eigenvalue weighted by Crippen LogP contribution is 2.42. The third-order valence-corrected chi connectivity index (χ3v) is 2.33.